The van der Waals surface area contributed by atoms with E-state index in [1.165, 1.54) is 14.2 Å². The summed E-state index contributed by atoms with van der Waals surface area (Å²) in [5.41, 5.74) is 0.402. The number of aliphatic hydroxyl groups excluding tert-OH is 1. The molecule has 0 aromatic heterocycles. The summed E-state index contributed by atoms with van der Waals surface area (Å²) in [6, 6.07) is 4.80. The molecule has 0 heterocycles. The van der Waals surface area contributed by atoms with Crippen LogP contribution in [0.3, 0.4) is 0 Å². The first-order valence-electron chi connectivity index (χ1n) is 5.23. The van der Waals surface area contributed by atoms with Crippen molar-refractivity contribution in [3.63, 3.8) is 0 Å². The number of hydrogen-bond acceptors (Lipinski definition) is 5. The van der Waals surface area contributed by atoms with Crippen LogP contribution in [0.15, 0.2) is 18.2 Å². The Bertz CT molecular complexity index is 375. The molecule has 0 aliphatic heterocycles. The Hall–Kier alpha value is -1.75. The molecule has 0 atom stereocenters. The van der Waals surface area contributed by atoms with E-state index in [1.54, 1.807) is 18.2 Å². The molecule has 0 amide bonds. The minimum atomic E-state index is -0.426. The van der Waals surface area contributed by atoms with E-state index in [0.29, 0.717) is 30.1 Å². The molecule has 5 nitrogen and oxygen atoms in total. The van der Waals surface area contributed by atoms with Gasteiger partial charge in [0, 0.05) is 13.0 Å². The van der Waals surface area contributed by atoms with Crippen molar-refractivity contribution in [1.82, 2.24) is 0 Å². The van der Waals surface area contributed by atoms with E-state index in [0.717, 1.165) is 0 Å². The van der Waals surface area contributed by atoms with Crippen molar-refractivity contribution in [3.8, 4) is 11.5 Å². The number of carbonyl (C=O) groups is 1. The number of benzene rings is 1. The smallest absolute Gasteiger partial charge is 0.337 e. The Labute approximate surface area is 99.9 Å². The summed E-state index contributed by atoms with van der Waals surface area (Å²) in [6.07, 6.45) is 0.544. The van der Waals surface area contributed by atoms with Crippen molar-refractivity contribution in [2.45, 2.75) is 6.42 Å². The number of esters is 1. The van der Waals surface area contributed by atoms with Crippen molar-refractivity contribution in [3.05, 3.63) is 23.8 Å². The van der Waals surface area contributed by atoms with Gasteiger partial charge in [0.05, 0.1) is 26.4 Å². The van der Waals surface area contributed by atoms with Crippen LogP contribution in [0.2, 0.25) is 0 Å². The Kier molecular flexibility index (Phi) is 5.29. The van der Waals surface area contributed by atoms with E-state index < -0.39 is 5.97 Å². The average molecular weight is 240 g/mol. The van der Waals surface area contributed by atoms with Gasteiger partial charge in [-0.05, 0) is 18.2 Å². The Morgan fingerprint density at radius 2 is 2.06 bits per heavy atom. The quantitative estimate of drug-likeness (QED) is 0.598. The molecular weight excluding hydrogens is 224 g/mol. The normalized spacial score (nSPS) is 9.82. The fraction of sp³-hybridized carbons (Fsp3) is 0.417. The number of aliphatic hydroxyl groups is 1. The highest BCUT2D eigenvalue weighted by Crippen LogP contribution is 2.28. The molecule has 0 radical (unpaired) electrons. The van der Waals surface area contributed by atoms with Crippen LogP contribution in [0.25, 0.3) is 0 Å². The van der Waals surface area contributed by atoms with Crippen molar-refractivity contribution in [2.24, 2.45) is 0 Å². The zero-order valence-electron chi connectivity index (χ0n) is 9.93. The fourth-order valence-electron chi connectivity index (χ4n) is 1.28. The van der Waals surface area contributed by atoms with Gasteiger partial charge in [-0.2, -0.15) is 0 Å². The number of carbonyl (C=O) groups excluding carboxylic acids is 1. The van der Waals surface area contributed by atoms with Crippen LogP contribution < -0.4 is 9.47 Å². The molecule has 0 saturated heterocycles. The van der Waals surface area contributed by atoms with Crippen molar-refractivity contribution >= 4 is 5.97 Å². The predicted octanol–water partition coefficient (Wildman–Crippen LogP) is 1.24. The lowest BCUT2D eigenvalue weighted by molar-refractivity contribution is 0.0600. The molecule has 94 valence electrons. The topological polar surface area (TPSA) is 65.0 Å². The standard InChI is InChI=1S/C12H16O5/c1-15-11-8-9(12(14)16-2)4-5-10(11)17-7-3-6-13/h4-5,8,13H,3,6-7H2,1-2H3. The molecule has 1 aromatic rings. The van der Waals surface area contributed by atoms with Crippen LogP contribution in [0.1, 0.15) is 16.8 Å². The SMILES string of the molecule is COC(=O)c1ccc(OCCCO)c(OC)c1. The van der Waals surface area contributed by atoms with Crippen LogP contribution in [0, 0.1) is 0 Å². The molecule has 0 fully saturated rings. The summed E-state index contributed by atoms with van der Waals surface area (Å²) in [5.74, 6) is 0.574. The summed E-state index contributed by atoms with van der Waals surface area (Å²) in [6.45, 7) is 0.465. The maximum atomic E-state index is 11.3. The molecule has 0 unspecified atom stereocenters. The van der Waals surface area contributed by atoms with Crippen molar-refractivity contribution < 1.29 is 24.1 Å². The highest BCUT2D eigenvalue weighted by Gasteiger charge is 2.10. The van der Waals surface area contributed by atoms with E-state index in [1.807, 2.05) is 0 Å². The Morgan fingerprint density at radius 3 is 2.65 bits per heavy atom. The molecule has 17 heavy (non-hydrogen) atoms. The monoisotopic (exact) mass is 240 g/mol. The third-order valence-corrected chi connectivity index (χ3v) is 2.14. The van der Waals surface area contributed by atoms with Crippen molar-refractivity contribution in [2.75, 3.05) is 27.4 Å². The molecule has 1 N–H and O–H groups in total. The summed E-state index contributed by atoms with van der Waals surface area (Å²) in [4.78, 5) is 11.3. The first-order chi connectivity index (χ1) is 8.22. The lowest BCUT2D eigenvalue weighted by Crippen LogP contribution is -2.04. The Balaban J connectivity index is 2.81. The first-order valence-corrected chi connectivity index (χ1v) is 5.23. The van der Waals surface area contributed by atoms with Gasteiger partial charge in [-0.3, -0.25) is 0 Å². The summed E-state index contributed by atoms with van der Waals surface area (Å²) in [7, 11) is 2.82. The van der Waals surface area contributed by atoms with Gasteiger partial charge in [0.2, 0.25) is 0 Å². The molecule has 0 aliphatic carbocycles. The van der Waals surface area contributed by atoms with Gasteiger partial charge in [0.1, 0.15) is 0 Å². The van der Waals surface area contributed by atoms with E-state index >= 15 is 0 Å². The van der Waals surface area contributed by atoms with Crippen LogP contribution in [0.4, 0.5) is 0 Å². The zero-order chi connectivity index (χ0) is 12.7. The molecule has 0 spiro atoms. The molecular formula is C12H16O5. The van der Waals surface area contributed by atoms with Gasteiger partial charge in [-0.1, -0.05) is 0 Å². The largest absolute Gasteiger partial charge is 0.493 e. The van der Waals surface area contributed by atoms with Gasteiger partial charge in [-0.25, -0.2) is 4.79 Å². The second kappa shape index (κ2) is 6.75. The maximum absolute atomic E-state index is 11.3. The van der Waals surface area contributed by atoms with E-state index in [9.17, 15) is 4.79 Å². The predicted molar refractivity (Wildman–Crippen MR) is 61.5 cm³/mol. The minimum Gasteiger partial charge on any atom is -0.493 e. The number of methoxy groups -OCH3 is 2. The summed E-state index contributed by atoms with van der Waals surface area (Å²) >= 11 is 0. The van der Waals surface area contributed by atoms with E-state index in [2.05, 4.69) is 4.74 Å². The van der Waals surface area contributed by atoms with Crippen LogP contribution in [-0.2, 0) is 4.74 Å². The van der Waals surface area contributed by atoms with Gasteiger partial charge < -0.3 is 19.3 Å². The van der Waals surface area contributed by atoms with Crippen molar-refractivity contribution in [1.29, 1.82) is 0 Å². The molecule has 0 saturated carbocycles. The number of ether oxygens (including phenoxy) is 3. The number of rotatable bonds is 6. The van der Waals surface area contributed by atoms with Crippen LogP contribution in [-0.4, -0.2) is 38.5 Å². The van der Waals surface area contributed by atoms with E-state index in [-0.39, 0.29) is 6.61 Å². The summed E-state index contributed by atoms with van der Waals surface area (Å²) < 4.78 is 15.1. The minimum absolute atomic E-state index is 0.0720. The molecule has 0 bridgehead atoms. The van der Waals surface area contributed by atoms with Crippen LogP contribution in [0.5, 0.6) is 11.5 Å². The highest BCUT2D eigenvalue weighted by molar-refractivity contribution is 5.90. The lowest BCUT2D eigenvalue weighted by Gasteiger charge is -2.11. The van der Waals surface area contributed by atoms with Gasteiger partial charge in [0.25, 0.3) is 0 Å². The van der Waals surface area contributed by atoms with Crippen LogP contribution >= 0.6 is 0 Å². The zero-order valence-corrected chi connectivity index (χ0v) is 9.93. The first kappa shape index (κ1) is 13.3. The fourth-order valence-corrected chi connectivity index (χ4v) is 1.28. The molecule has 1 rings (SSSR count). The van der Waals surface area contributed by atoms with Gasteiger partial charge >= 0.3 is 5.97 Å². The molecule has 0 aliphatic rings. The lowest BCUT2D eigenvalue weighted by atomic mass is 10.2. The third kappa shape index (κ3) is 3.64. The van der Waals surface area contributed by atoms with E-state index in [4.69, 9.17) is 14.6 Å². The maximum Gasteiger partial charge on any atom is 0.337 e. The van der Waals surface area contributed by atoms with Gasteiger partial charge in [-0.15, -0.1) is 0 Å². The number of hydrogen-bond donors (Lipinski definition) is 1. The summed E-state index contributed by atoms with van der Waals surface area (Å²) in [5, 5.41) is 8.65. The second-order valence-electron chi connectivity index (χ2n) is 3.28. The second-order valence-corrected chi connectivity index (χ2v) is 3.28. The third-order valence-electron chi connectivity index (χ3n) is 2.14. The van der Waals surface area contributed by atoms with Gasteiger partial charge in [0.15, 0.2) is 11.5 Å². The average Bonchev–Trinajstić information content (AvgIpc) is 2.38. The highest BCUT2D eigenvalue weighted by atomic mass is 16.5. The molecule has 5 heteroatoms. The molecule has 1 aromatic carbocycles. The Morgan fingerprint density at radius 1 is 1.29 bits per heavy atom.